The monoisotopic (exact) mass is 474 g/mol. The van der Waals surface area contributed by atoms with Gasteiger partial charge in [0.2, 0.25) is 0 Å². The minimum Gasteiger partial charge on any atom is -0.394 e. The lowest BCUT2D eigenvalue weighted by atomic mass is 9.91. The van der Waals surface area contributed by atoms with Gasteiger partial charge in [0.15, 0.2) is 0 Å². The summed E-state index contributed by atoms with van der Waals surface area (Å²) in [7, 11) is 0. The van der Waals surface area contributed by atoms with Crippen LogP contribution in [0.4, 0.5) is 0 Å². The topological polar surface area (TPSA) is 57.2 Å². The van der Waals surface area contributed by atoms with Crippen molar-refractivity contribution in [3.63, 3.8) is 0 Å². The molecule has 1 aliphatic heterocycles. The van der Waals surface area contributed by atoms with Crippen molar-refractivity contribution >= 4 is 0 Å². The Morgan fingerprint density at radius 2 is 1.29 bits per heavy atom. The van der Waals surface area contributed by atoms with Crippen molar-refractivity contribution in [1.29, 1.82) is 0 Å². The van der Waals surface area contributed by atoms with Gasteiger partial charge in [0.1, 0.15) is 23.9 Å². The first-order valence-corrected chi connectivity index (χ1v) is 12.1. The molecule has 3 aromatic carbocycles. The van der Waals surface area contributed by atoms with Crippen LogP contribution < -0.4 is 0 Å². The van der Waals surface area contributed by atoms with Gasteiger partial charge in [0.25, 0.3) is 0 Å². The fourth-order valence-electron chi connectivity index (χ4n) is 4.54. The van der Waals surface area contributed by atoms with Crippen molar-refractivity contribution in [2.75, 3.05) is 13.2 Å². The van der Waals surface area contributed by atoms with Gasteiger partial charge in [-0.25, -0.2) is 0 Å². The zero-order valence-corrected chi connectivity index (χ0v) is 20.0. The SMILES string of the molecule is C=CC[C@@]1(COCc2ccccc2)O[C@H](CO)[C@@H](OCc2ccccc2)[C@@H]1OCc1ccccc1. The van der Waals surface area contributed by atoms with Gasteiger partial charge in [-0.15, -0.1) is 6.58 Å². The molecule has 1 N–H and O–H groups in total. The van der Waals surface area contributed by atoms with Crippen LogP contribution in [0.15, 0.2) is 104 Å². The van der Waals surface area contributed by atoms with Crippen LogP contribution in [0, 0.1) is 0 Å². The quantitative estimate of drug-likeness (QED) is 0.350. The molecule has 1 heterocycles. The van der Waals surface area contributed by atoms with Gasteiger partial charge >= 0.3 is 0 Å². The Hall–Kier alpha value is -2.80. The summed E-state index contributed by atoms with van der Waals surface area (Å²) in [6, 6.07) is 30.0. The summed E-state index contributed by atoms with van der Waals surface area (Å²) in [6.45, 7) is 5.32. The smallest absolute Gasteiger partial charge is 0.124 e. The van der Waals surface area contributed by atoms with Crippen LogP contribution >= 0.6 is 0 Å². The zero-order valence-electron chi connectivity index (χ0n) is 20.0. The molecule has 3 aromatic rings. The second-order valence-electron chi connectivity index (χ2n) is 8.85. The Morgan fingerprint density at radius 1 is 0.771 bits per heavy atom. The summed E-state index contributed by atoms with van der Waals surface area (Å²) >= 11 is 0. The maximum absolute atomic E-state index is 10.2. The van der Waals surface area contributed by atoms with Crippen molar-refractivity contribution in [2.45, 2.75) is 50.2 Å². The number of hydrogen-bond acceptors (Lipinski definition) is 5. The fraction of sp³-hybridized carbons (Fsp3) is 0.333. The third-order valence-electron chi connectivity index (χ3n) is 6.25. The van der Waals surface area contributed by atoms with E-state index in [1.54, 1.807) is 0 Å². The van der Waals surface area contributed by atoms with Gasteiger partial charge in [0, 0.05) is 0 Å². The minimum absolute atomic E-state index is 0.178. The van der Waals surface area contributed by atoms with E-state index in [2.05, 4.69) is 6.58 Å². The number of aliphatic hydroxyl groups excluding tert-OH is 1. The fourth-order valence-corrected chi connectivity index (χ4v) is 4.54. The Balaban J connectivity index is 1.55. The first kappa shape index (κ1) is 25.3. The number of benzene rings is 3. The van der Waals surface area contributed by atoms with E-state index in [-0.39, 0.29) is 13.2 Å². The molecule has 1 aliphatic rings. The molecular formula is C30H34O5. The predicted molar refractivity (Wildman–Crippen MR) is 136 cm³/mol. The van der Waals surface area contributed by atoms with E-state index >= 15 is 0 Å². The lowest BCUT2D eigenvalue weighted by molar-refractivity contribution is -0.150. The molecule has 0 aliphatic carbocycles. The number of rotatable bonds is 13. The third kappa shape index (κ3) is 6.66. The standard InChI is InChI=1S/C30H34O5/c1-2-18-30(23-32-20-24-12-6-3-7-13-24)29(34-22-26-16-10-5-11-17-26)28(27(19-31)35-30)33-21-25-14-8-4-9-15-25/h2-17,27-29,31H,1,18-23H2/t27-,28-,29+,30+/m1/s1. The summed E-state index contributed by atoms with van der Waals surface area (Å²) in [5.74, 6) is 0. The highest BCUT2D eigenvalue weighted by Crippen LogP contribution is 2.39. The molecule has 5 nitrogen and oxygen atoms in total. The Kier molecular flexibility index (Phi) is 9.23. The van der Waals surface area contributed by atoms with Crippen LogP contribution in [-0.2, 0) is 38.8 Å². The second kappa shape index (κ2) is 12.8. The number of hydrogen-bond donors (Lipinski definition) is 1. The third-order valence-corrected chi connectivity index (χ3v) is 6.25. The van der Waals surface area contributed by atoms with Crippen LogP contribution in [0.1, 0.15) is 23.1 Å². The van der Waals surface area contributed by atoms with Gasteiger partial charge < -0.3 is 24.1 Å². The van der Waals surface area contributed by atoms with Crippen molar-refractivity contribution in [2.24, 2.45) is 0 Å². The molecule has 35 heavy (non-hydrogen) atoms. The summed E-state index contributed by atoms with van der Waals surface area (Å²) in [6.07, 6.45) is 0.850. The van der Waals surface area contributed by atoms with E-state index in [4.69, 9.17) is 18.9 Å². The van der Waals surface area contributed by atoms with E-state index in [1.165, 1.54) is 0 Å². The molecular weight excluding hydrogens is 440 g/mol. The molecule has 184 valence electrons. The lowest BCUT2D eigenvalue weighted by Gasteiger charge is -2.34. The summed E-state index contributed by atoms with van der Waals surface area (Å²) in [5.41, 5.74) is 2.35. The Labute approximate surface area is 207 Å². The van der Waals surface area contributed by atoms with Gasteiger partial charge in [-0.2, -0.15) is 0 Å². The van der Waals surface area contributed by atoms with Gasteiger partial charge in [-0.1, -0.05) is 97.1 Å². The maximum Gasteiger partial charge on any atom is 0.124 e. The molecule has 4 rings (SSSR count). The molecule has 0 bridgehead atoms. The summed E-state index contributed by atoms with van der Waals surface area (Å²) in [4.78, 5) is 0. The Morgan fingerprint density at radius 3 is 1.80 bits per heavy atom. The average molecular weight is 475 g/mol. The summed E-state index contributed by atoms with van der Waals surface area (Å²) in [5, 5.41) is 10.2. The second-order valence-corrected chi connectivity index (χ2v) is 8.85. The van der Waals surface area contributed by atoms with Crippen LogP contribution in [0.2, 0.25) is 0 Å². The van der Waals surface area contributed by atoms with Crippen molar-refractivity contribution in [3.8, 4) is 0 Å². The Bertz CT molecular complexity index is 1010. The molecule has 0 unspecified atom stereocenters. The first-order valence-electron chi connectivity index (χ1n) is 12.1. The van der Waals surface area contributed by atoms with Crippen molar-refractivity contribution in [1.82, 2.24) is 0 Å². The van der Waals surface area contributed by atoms with Crippen LogP contribution in [0.25, 0.3) is 0 Å². The van der Waals surface area contributed by atoms with E-state index in [0.717, 1.165) is 16.7 Å². The van der Waals surface area contributed by atoms with Crippen molar-refractivity contribution in [3.05, 3.63) is 120 Å². The molecule has 1 fully saturated rings. The van der Waals surface area contributed by atoms with Crippen LogP contribution in [-0.4, -0.2) is 42.2 Å². The molecule has 4 atom stereocenters. The molecule has 0 radical (unpaired) electrons. The molecule has 0 amide bonds. The van der Waals surface area contributed by atoms with Crippen LogP contribution in [0.3, 0.4) is 0 Å². The van der Waals surface area contributed by atoms with Gasteiger partial charge in [-0.3, -0.25) is 0 Å². The highest BCUT2D eigenvalue weighted by Gasteiger charge is 2.56. The first-order chi connectivity index (χ1) is 17.2. The van der Waals surface area contributed by atoms with Crippen LogP contribution in [0.5, 0.6) is 0 Å². The molecule has 0 spiro atoms. The van der Waals surface area contributed by atoms with Gasteiger partial charge in [-0.05, 0) is 23.1 Å². The molecule has 0 aromatic heterocycles. The summed E-state index contributed by atoms with van der Waals surface area (Å²) < 4.78 is 25.5. The lowest BCUT2D eigenvalue weighted by Crippen LogP contribution is -2.49. The largest absolute Gasteiger partial charge is 0.394 e. The van der Waals surface area contributed by atoms with E-state index < -0.39 is 23.9 Å². The molecule has 0 saturated carbocycles. The maximum atomic E-state index is 10.2. The minimum atomic E-state index is -0.833. The van der Waals surface area contributed by atoms with E-state index in [9.17, 15) is 5.11 Å². The van der Waals surface area contributed by atoms with Crippen molar-refractivity contribution < 1.29 is 24.1 Å². The highest BCUT2D eigenvalue weighted by molar-refractivity contribution is 5.16. The van der Waals surface area contributed by atoms with E-state index in [1.807, 2.05) is 97.1 Å². The molecule has 1 saturated heterocycles. The van der Waals surface area contributed by atoms with E-state index in [0.29, 0.717) is 26.2 Å². The normalized spacial score (nSPS) is 23.9. The molecule has 5 heteroatoms. The van der Waals surface area contributed by atoms with Gasteiger partial charge in [0.05, 0.1) is 33.0 Å². The predicted octanol–water partition coefficient (Wildman–Crippen LogP) is 5.08. The zero-order chi connectivity index (χ0) is 24.3. The number of ether oxygens (including phenoxy) is 4. The number of aliphatic hydroxyl groups is 1. The average Bonchev–Trinajstić information content (AvgIpc) is 3.20. The highest BCUT2D eigenvalue weighted by atomic mass is 16.6.